The van der Waals surface area contributed by atoms with Crippen LogP contribution in [0.15, 0.2) is 30.9 Å². The first-order chi connectivity index (χ1) is 12.2. The highest BCUT2D eigenvalue weighted by Crippen LogP contribution is 2.34. The number of carbonyl (C=O) groups is 1. The van der Waals surface area contributed by atoms with Crippen molar-refractivity contribution in [3.8, 4) is 0 Å². The molecule has 0 aromatic carbocycles. The third-order valence-electron chi connectivity index (χ3n) is 5.03. The van der Waals surface area contributed by atoms with Crippen molar-refractivity contribution in [2.24, 2.45) is 5.92 Å². The van der Waals surface area contributed by atoms with Gasteiger partial charge < -0.3 is 14.2 Å². The van der Waals surface area contributed by atoms with E-state index in [2.05, 4.69) is 14.5 Å². The number of imidazole rings is 1. The number of ether oxygens (including phenoxy) is 1. The number of hydrogen-bond donors (Lipinski definition) is 0. The summed E-state index contributed by atoms with van der Waals surface area (Å²) >= 11 is 0. The quantitative estimate of drug-likeness (QED) is 0.810. The molecular weight excluding hydrogens is 316 g/mol. The molecule has 2 aromatic rings. The van der Waals surface area contributed by atoms with E-state index in [0.717, 1.165) is 23.7 Å². The van der Waals surface area contributed by atoms with Crippen molar-refractivity contribution < 1.29 is 9.53 Å². The minimum absolute atomic E-state index is 0.0969. The normalized spacial score (nSPS) is 19.7. The fourth-order valence-corrected chi connectivity index (χ4v) is 3.52. The number of pyridine rings is 1. The maximum atomic E-state index is 11.9. The van der Waals surface area contributed by atoms with Crippen LogP contribution in [0.25, 0.3) is 0 Å². The van der Waals surface area contributed by atoms with Gasteiger partial charge in [-0.05, 0) is 30.4 Å². The van der Waals surface area contributed by atoms with Gasteiger partial charge in [0.15, 0.2) is 0 Å². The predicted molar refractivity (Wildman–Crippen MR) is 92.7 cm³/mol. The van der Waals surface area contributed by atoms with Gasteiger partial charge in [0.1, 0.15) is 0 Å². The summed E-state index contributed by atoms with van der Waals surface area (Å²) in [5, 5.41) is 0. The summed E-state index contributed by atoms with van der Waals surface area (Å²) in [6.07, 6.45) is 8.16. The number of fused-ring (bicyclic) bond motifs is 1. The second-order valence-electron chi connectivity index (χ2n) is 7.15. The fraction of sp³-hybridized carbons (Fsp3) is 0.526. The van der Waals surface area contributed by atoms with Crippen molar-refractivity contribution in [2.45, 2.75) is 45.4 Å². The highest BCUT2D eigenvalue weighted by molar-refractivity contribution is 5.73. The Morgan fingerprint density at radius 1 is 1.40 bits per heavy atom. The van der Waals surface area contributed by atoms with Crippen molar-refractivity contribution in [2.75, 3.05) is 13.2 Å². The number of amides is 1. The molecule has 0 N–H and O–H groups in total. The Labute approximate surface area is 147 Å². The summed E-state index contributed by atoms with van der Waals surface area (Å²) in [6, 6.07) is 3.93. The van der Waals surface area contributed by atoms with Crippen LogP contribution in [0.5, 0.6) is 0 Å². The Hall–Kier alpha value is -2.21. The lowest BCUT2D eigenvalue weighted by atomic mass is 9.98. The molecule has 1 amide bonds. The van der Waals surface area contributed by atoms with Crippen LogP contribution in [-0.2, 0) is 29.2 Å². The van der Waals surface area contributed by atoms with Crippen LogP contribution < -0.4 is 0 Å². The lowest BCUT2D eigenvalue weighted by Gasteiger charge is -2.32. The summed E-state index contributed by atoms with van der Waals surface area (Å²) in [6.45, 7) is 5.10. The minimum atomic E-state index is 0.0969. The van der Waals surface area contributed by atoms with Gasteiger partial charge in [-0.3, -0.25) is 9.78 Å². The molecule has 0 bridgehead atoms. The molecule has 0 saturated heterocycles. The molecule has 6 heteroatoms. The van der Waals surface area contributed by atoms with Gasteiger partial charge in [0.05, 0.1) is 31.8 Å². The van der Waals surface area contributed by atoms with Gasteiger partial charge in [-0.15, -0.1) is 0 Å². The highest BCUT2D eigenvalue weighted by Gasteiger charge is 2.32. The van der Waals surface area contributed by atoms with Crippen LogP contribution in [0.2, 0.25) is 0 Å². The summed E-state index contributed by atoms with van der Waals surface area (Å²) in [4.78, 5) is 22.5. The SMILES string of the molecule is CC(=O)N1Cc2ncn(CC3CC3)c2[C@H](COCc2cccnc2)C1. The zero-order chi connectivity index (χ0) is 17.2. The van der Waals surface area contributed by atoms with Gasteiger partial charge in [-0.25, -0.2) is 4.98 Å². The molecule has 1 fully saturated rings. The van der Waals surface area contributed by atoms with Gasteiger partial charge in [-0.2, -0.15) is 0 Å². The third kappa shape index (κ3) is 3.74. The number of nitrogens with zero attached hydrogens (tertiary/aromatic N) is 4. The molecule has 25 heavy (non-hydrogen) atoms. The molecule has 0 unspecified atom stereocenters. The molecule has 2 aliphatic rings. The summed E-state index contributed by atoms with van der Waals surface area (Å²) in [5.41, 5.74) is 3.35. The fourth-order valence-electron chi connectivity index (χ4n) is 3.52. The molecule has 3 heterocycles. The van der Waals surface area contributed by atoms with Gasteiger partial charge in [-0.1, -0.05) is 6.07 Å². The molecular formula is C19H24N4O2. The van der Waals surface area contributed by atoms with E-state index in [1.807, 2.05) is 29.6 Å². The molecule has 1 atom stereocenters. The van der Waals surface area contributed by atoms with E-state index in [0.29, 0.717) is 26.3 Å². The Morgan fingerprint density at radius 2 is 2.28 bits per heavy atom. The van der Waals surface area contributed by atoms with Crippen molar-refractivity contribution in [3.05, 3.63) is 47.8 Å². The number of aromatic nitrogens is 3. The van der Waals surface area contributed by atoms with Crippen LogP contribution in [0, 0.1) is 5.92 Å². The van der Waals surface area contributed by atoms with E-state index >= 15 is 0 Å². The average Bonchev–Trinajstić information content (AvgIpc) is 3.34. The molecule has 132 valence electrons. The smallest absolute Gasteiger partial charge is 0.219 e. The summed E-state index contributed by atoms with van der Waals surface area (Å²) < 4.78 is 8.26. The second-order valence-corrected chi connectivity index (χ2v) is 7.15. The molecule has 1 aliphatic heterocycles. The van der Waals surface area contributed by atoms with Gasteiger partial charge in [0.25, 0.3) is 0 Å². The Balaban J connectivity index is 1.48. The molecule has 6 nitrogen and oxygen atoms in total. The zero-order valence-electron chi connectivity index (χ0n) is 14.6. The van der Waals surface area contributed by atoms with E-state index in [1.165, 1.54) is 18.5 Å². The van der Waals surface area contributed by atoms with Crippen LogP contribution in [0.3, 0.4) is 0 Å². The molecule has 1 aliphatic carbocycles. The van der Waals surface area contributed by atoms with E-state index < -0.39 is 0 Å². The topological polar surface area (TPSA) is 60.2 Å². The Kier molecular flexibility index (Phi) is 4.53. The highest BCUT2D eigenvalue weighted by atomic mass is 16.5. The van der Waals surface area contributed by atoms with Crippen LogP contribution in [0.4, 0.5) is 0 Å². The second kappa shape index (κ2) is 6.96. The largest absolute Gasteiger partial charge is 0.376 e. The zero-order valence-corrected chi connectivity index (χ0v) is 14.6. The van der Waals surface area contributed by atoms with E-state index in [1.54, 1.807) is 13.1 Å². The minimum Gasteiger partial charge on any atom is -0.376 e. The van der Waals surface area contributed by atoms with E-state index in [9.17, 15) is 4.79 Å². The van der Waals surface area contributed by atoms with Crippen molar-refractivity contribution >= 4 is 5.91 Å². The monoisotopic (exact) mass is 340 g/mol. The molecule has 1 saturated carbocycles. The predicted octanol–water partition coefficient (Wildman–Crippen LogP) is 2.35. The van der Waals surface area contributed by atoms with Crippen molar-refractivity contribution in [3.63, 3.8) is 0 Å². The van der Waals surface area contributed by atoms with Gasteiger partial charge >= 0.3 is 0 Å². The maximum absolute atomic E-state index is 11.9. The number of hydrogen-bond acceptors (Lipinski definition) is 4. The number of carbonyl (C=O) groups excluding carboxylic acids is 1. The van der Waals surface area contributed by atoms with Crippen molar-refractivity contribution in [1.29, 1.82) is 0 Å². The number of rotatable bonds is 6. The van der Waals surface area contributed by atoms with Crippen molar-refractivity contribution in [1.82, 2.24) is 19.4 Å². The van der Waals surface area contributed by atoms with E-state index in [-0.39, 0.29) is 11.8 Å². The first kappa shape index (κ1) is 16.3. The van der Waals surface area contributed by atoms with Crippen LogP contribution in [0.1, 0.15) is 42.6 Å². The average molecular weight is 340 g/mol. The first-order valence-corrected chi connectivity index (χ1v) is 8.96. The Morgan fingerprint density at radius 3 is 3.00 bits per heavy atom. The lowest BCUT2D eigenvalue weighted by molar-refractivity contribution is -0.130. The molecule has 4 rings (SSSR count). The lowest BCUT2D eigenvalue weighted by Crippen LogP contribution is -2.39. The van der Waals surface area contributed by atoms with E-state index in [4.69, 9.17) is 4.74 Å². The van der Waals surface area contributed by atoms with Gasteiger partial charge in [0.2, 0.25) is 5.91 Å². The standard InChI is InChI=1S/C19H24N4O2/c1-14(24)22-9-17(12-25-11-16-3-2-6-20-7-16)19-18(10-22)21-13-23(19)8-15-4-5-15/h2-3,6-7,13,15,17H,4-5,8-12H2,1H3/t17-/m0/s1. The summed E-state index contributed by atoms with van der Waals surface area (Å²) in [7, 11) is 0. The molecule has 0 spiro atoms. The van der Waals surface area contributed by atoms with Crippen LogP contribution in [-0.4, -0.2) is 38.5 Å². The Bertz CT molecular complexity index is 739. The maximum Gasteiger partial charge on any atom is 0.219 e. The van der Waals surface area contributed by atoms with Gasteiger partial charge in [0, 0.05) is 44.0 Å². The van der Waals surface area contributed by atoms with Crippen LogP contribution >= 0.6 is 0 Å². The molecule has 0 radical (unpaired) electrons. The summed E-state index contributed by atoms with van der Waals surface area (Å²) in [5.74, 6) is 1.06. The third-order valence-corrected chi connectivity index (χ3v) is 5.03. The first-order valence-electron chi connectivity index (χ1n) is 8.96. The molecule has 2 aromatic heterocycles.